The van der Waals surface area contributed by atoms with Crippen molar-refractivity contribution in [2.45, 2.75) is 19.3 Å². The summed E-state index contributed by atoms with van der Waals surface area (Å²) in [6.45, 7) is 4.60. The normalized spacial score (nSPS) is 13.5. The standard InChI is InChI=1S/C43H30N4/c1-43(2)34-22-12-9-21-33(34)39-37(43)38(27-15-5-3-6-16-27)44-42(45-39)47-36-24-14-11-20-30(36)32-26-25-31-29-19-10-13-23-35(29)46(40(31)41(32)47)28-17-7-4-8-18-28/h3-26H,1-2H3. The number of hydrogen-bond donors (Lipinski definition) is 0. The Balaban J connectivity index is 1.42. The summed E-state index contributed by atoms with van der Waals surface area (Å²) in [4.78, 5) is 11.1. The lowest BCUT2D eigenvalue weighted by atomic mass is 9.81. The summed E-state index contributed by atoms with van der Waals surface area (Å²) >= 11 is 0. The predicted molar refractivity (Wildman–Crippen MR) is 194 cm³/mol. The fourth-order valence-electron chi connectivity index (χ4n) is 8.06. The molecule has 0 saturated heterocycles. The molecule has 0 atom stereocenters. The van der Waals surface area contributed by atoms with Crippen molar-refractivity contribution in [3.05, 3.63) is 157 Å². The van der Waals surface area contributed by atoms with E-state index in [0.717, 1.165) is 39.2 Å². The molecule has 47 heavy (non-hydrogen) atoms. The Morgan fingerprint density at radius 2 is 1.00 bits per heavy atom. The van der Waals surface area contributed by atoms with Crippen LogP contribution in [-0.2, 0) is 5.41 Å². The first-order valence-corrected chi connectivity index (χ1v) is 16.2. The number of hydrogen-bond acceptors (Lipinski definition) is 2. The van der Waals surface area contributed by atoms with Gasteiger partial charge in [0.1, 0.15) is 0 Å². The number of benzene rings is 6. The van der Waals surface area contributed by atoms with Crippen LogP contribution in [-0.4, -0.2) is 19.1 Å². The van der Waals surface area contributed by atoms with Crippen molar-refractivity contribution in [2.24, 2.45) is 0 Å². The van der Waals surface area contributed by atoms with Gasteiger partial charge in [-0.25, -0.2) is 9.97 Å². The molecule has 4 heteroatoms. The molecule has 9 aromatic rings. The molecule has 0 N–H and O–H groups in total. The van der Waals surface area contributed by atoms with Crippen LogP contribution in [0.1, 0.15) is 25.0 Å². The van der Waals surface area contributed by atoms with Gasteiger partial charge in [0.25, 0.3) is 0 Å². The molecule has 3 heterocycles. The van der Waals surface area contributed by atoms with Crippen molar-refractivity contribution >= 4 is 43.6 Å². The van der Waals surface area contributed by atoms with E-state index in [4.69, 9.17) is 9.97 Å². The van der Waals surface area contributed by atoms with E-state index in [2.05, 4.69) is 169 Å². The molecule has 1 aliphatic rings. The Bertz CT molecular complexity index is 2700. The van der Waals surface area contributed by atoms with Crippen LogP contribution < -0.4 is 0 Å². The van der Waals surface area contributed by atoms with E-state index >= 15 is 0 Å². The van der Waals surface area contributed by atoms with E-state index in [1.54, 1.807) is 0 Å². The number of aromatic nitrogens is 4. The molecular formula is C43H30N4. The van der Waals surface area contributed by atoms with E-state index in [-0.39, 0.29) is 5.41 Å². The van der Waals surface area contributed by atoms with Crippen LogP contribution >= 0.6 is 0 Å². The number of fused-ring (bicyclic) bond motifs is 10. The minimum atomic E-state index is -0.247. The highest BCUT2D eigenvalue weighted by atomic mass is 15.2. The Morgan fingerprint density at radius 3 is 1.70 bits per heavy atom. The van der Waals surface area contributed by atoms with Gasteiger partial charge in [-0.3, -0.25) is 4.57 Å². The van der Waals surface area contributed by atoms with Crippen LogP contribution in [0.25, 0.3) is 77.8 Å². The molecule has 4 nitrogen and oxygen atoms in total. The molecule has 0 fully saturated rings. The Hall–Kier alpha value is -6.00. The first-order valence-electron chi connectivity index (χ1n) is 16.2. The zero-order chi connectivity index (χ0) is 31.3. The van der Waals surface area contributed by atoms with E-state index in [9.17, 15) is 0 Å². The first-order chi connectivity index (χ1) is 23.1. The van der Waals surface area contributed by atoms with E-state index < -0.39 is 0 Å². The van der Waals surface area contributed by atoms with Gasteiger partial charge in [0.2, 0.25) is 5.95 Å². The molecule has 0 radical (unpaired) electrons. The summed E-state index contributed by atoms with van der Waals surface area (Å²) in [5.41, 5.74) is 12.1. The van der Waals surface area contributed by atoms with Crippen molar-refractivity contribution in [3.8, 4) is 34.2 Å². The average Bonchev–Trinajstić information content (AvgIpc) is 3.72. The van der Waals surface area contributed by atoms with E-state index in [1.165, 1.54) is 43.8 Å². The van der Waals surface area contributed by atoms with E-state index in [1.807, 2.05) is 0 Å². The largest absolute Gasteiger partial charge is 0.307 e. The summed E-state index contributed by atoms with van der Waals surface area (Å²) in [5, 5.41) is 4.79. The maximum atomic E-state index is 5.54. The lowest BCUT2D eigenvalue weighted by molar-refractivity contribution is 0.657. The predicted octanol–water partition coefficient (Wildman–Crippen LogP) is 10.6. The Labute approximate surface area is 272 Å². The molecule has 0 aliphatic heterocycles. The number of rotatable bonds is 3. The molecule has 0 spiro atoms. The van der Waals surface area contributed by atoms with Gasteiger partial charge in [0.05, 0.1) is 33.5 Å². The van der Waals surface area contributed by atoms with Crippen LogP contribution in [0.2, 0.25) is 0 Å². The maximum Gasteiger partial charge on any atom is 0.235 e. The third kappa shape index (κ3) is 3.53. The SMILES string of the molecule is CC1(C)c2ccccc2-c2nc(-n3c4ccccc4c4ccc5c6ccccc6n(-c6ccccc6)c5c43)nc(-c3ccccc3)c21. The molecule has 0 bridgehead atoms. The highest BCUT2D eigenvalue weighted by Crippen LogP contribution is 2.51. The number of para-hydroxylation sites is 3. The molecule has 222 valence electrons. The van der Waals surface area contributed by atoms with Gasteiger partial charge in [-0.15, -0.1) is 0 Å². The fraction of sp³-hybridized carbons (Fsp3) is 0.0698. The summed E-state index contributed by atoms with van der Waals surface area (Å²) in [6, 6.07) is 51.9. The lowest BCUT2D eigenvalue weighted by Crippen LogP contribution is -2.18. The van der Waals surface area contributed by atoms with Gasteiger partial charge >= 0.3 is 0 Å². The third-order valence-corrected chi connectivity index (χ3v) is 10.1. The zero-order valence-electron chi connectivity index (χ0n) is 26.1. The highest BCUT2D eigenvalue weighted by Gasteiger charge is 2.40. The van der Waals surface area contributed by atoms with Crippen LogP contribution in [0.5, 0.6) is 0 Å². The Kier molecular flexibility index (Phi) is 5.31. The summed E-state index contributed by atoms with van der Waals surface area (Å²) in [5.74, 6) is 0.679. The van der Waals surface area contributed by atoms with Crippen LogP contribution in [0, 0.1) is 0 Å². The molecule has 3 aromatic heterocycles. The van der Waals surface area contributed by atoms with Gasteiger partial charge in [-0.1, -0.05) is 135 Å². The lowest BCUT2D eigenvalue weighted by Gasteiger charge is -2.24. The van der Waals surface area contributed by atoms with Gasteiger partial charge < -0.3 is 4.57 Å². The minimum absolute atomic E-state index is 0.247. The molecule has 0 saturated carbocycles. The van der Waals surface area contributed by atoms with Gasteiger partial charge in [-0.2, -0.15) is 0 Å². The van der Waals surface area contributed by atoms with Gasteiger partial charge in [0.15, 0.2) is 0 Å². The molecule has 6 aromatic carbocycles. The molecule has 0 unspecified atom stereocenters. The summed E-state index contributed by atoms with van der Waals surface area (Å²) in [6.07, 6.45) is 0. The quantitative estimate of drug-likeness (QED) is 0.202. The fourth-order valence-corrected chi connectivity index (χ4v) is 8.06. The maximum absolute atomic E-state index is 5.54. The van der Waals surface area contributed by atoms with Gasteiger partial charge in [0, 0.05) is 49.3 Å². The van der Waals surface area contributed by atoms with Crippen LogP contribution in [0.3, 0.4) is 0 Å². The van der Waals surface area contributed by atoms with Crippen molar-refractivity contribution < 1.29 is 0 Å². The number of nitrogens with zero attached hydrogens (tertiary/aromatic N) is 4. The summed E-state index contributed by atoms with van der Waals surface area (Å²) in [7, 11) is 0. The first kappa shape index (κ1) is 26.2. The third-order valence-electron chi connectivity index (χ3n) is 10.1. The second-order valence-corrected chi connectivity index (χ2v) is 13.0. The second kappa shape index (κ2) is 9.51. The highest BCUT2D eigenvalue weighted by molar-refractivity contribution is 6.23. The monoisotopic (exact) mass is 602 g/mol. The van der Waals surface area contributed by atoms with Crippen molar-refractivity contribution in [3.63, 3.8) is 0 Å². The Morgan fingerprint density at radius 1 is 0.468 bits per heavy atom. The topological polar surface area (TPSA) is 35.6 Å². The molecule has 0 amide bonds. The minimum Gasteiger partial charge on any atom is -0.307 e. The molecule has 10 rings (SSSR count). The summed E-state index contributed by atoms with van der Waals surface area (Å²) < 4.78 is 4.72. The van der Waals surface area contributed by atoms with Crippen LogP contribution in [0.4, 0.5) is 0 Å². The zero-order valence-corrected chi connectivity index (χ0v) is 26.1. The smallest absolute Gasteiger partial charge is 0.235 e. The molecule has 1 aliphatic carbocycles. The van der Waals surface area contributed by atoms with Crippen molar-refractivity contribution in [1.29, 1.82) is 0 Å². The van der Waals surface area contributed by atoms with Gasteiger partial charge in [-0.05, 0) is 29.8 Å². The average molecular weight is 603 g/mol. The molecular weight excluding hydrogens is 573 g/mol. The van der Waals surface area contributed by atoms with Crippen molar-refractivity contribution in [1.82, 2.24) is 19.1 Å². The van der Waals surface area contributed by atoms with Crippen LogP contribution in [0.15, 0.2) is 146 Å². The second-order valence-electron chi connectivity index (χ2n) is 13.0. The van der Waals surface area contributed by atoms with Crippen molar-refractivity contribution in [2.75, 3.05) is 0 Å². The van der Waals surface area contributed by atoms with E-state index in [0.29, 0.717) is 5.95 Å².